The van der Waals surface area contributed by atoms with Crippen molar-refractivity contribution in [2.75, 3.05) is 17.8 Å². The fourth-order valence-corrected chi connectivity index (χ4v) is 3.72. The first-order valence-electron chi connectivity index (χ1n) is 10.0. The largest absolute Gasteiger partial charge is 0.321 e. The van der Waals surface area contributed by atoms with Crippen LogP contribution < -0.4 is 10.9 Å². The highest BCUT2D eigenvalue weighted by molar-refractivity contribution is 7.92. The number of terminal acetylenes is 1. The Bertz CT molecular complexity index is 1550. The number of hydrogen-bond donors (Lipinski definition) is 1. The molecule has 33 heavy (non-hydrogen) atoms. The first-order valence-corrected chi connectivity index (χ1v) is 12.4. The van der Waals surface area contributed by atoms with Gasteiger partial charge in [-0.15, -0.1) is 6.42 Å². The summed E-state index contributed by atoms with van der Waals surface area (Å²) in [6, 6.07) is 5.25. The van der Waals surface area contributed by atoms with Gasteiger partial charge in [-0.1, -0.05) is 12.0 Å². The normalized spacial score (nSPS) is 11.6. The highest BCUT2D eigenvalue weighted by Crippen LogP contribution is 2.20. The molecule has 170 valence electrons. The predicted octanol–water partition coefficient (Wildman–Crippen LogP) is 2.49. The van der Waals surface area contributed by atoms with Crippen molar-refractivity contribution in [3.05, 3.63) is 47.1 Å². The van der Waals surface area contributed by atoms with Gasteiger partial charge < -0.3 is 5.32 Å². The van der Waals surface area contributed by atoms with Gasteiger partial charge in [0.15, 0.2) is 17.3 Å². The number of hydrogen-bond acceptors (Lipinski definition) is 8. The molecule has 12 heteroatoms. The van der Waals surface area contributed by atoms with Crippen LogP contribution in [0.5, 0.6) is 0 Å². The molecular formula is C21H23N9O2S. The van der Waals surface area contributed by atoms with Gasteiger partial charge in [0, 0.05) is 40.7 Å². The van der Waals surface area contributed by atoms with E-state index in [1.807, 2.05) is 20.0 Å². The molecule has 4 aromatic rings. The lowest BCUT2D eigenvalue weighted by molar-refractivity contribution is 0.532. The molecule has 0 saturated carbocycles. The Morgan fingerprint density at radius 3 is 2.70 bits per heavy atom. The van der Waals surface area contributed by atoms with Gasteiger partial charge in [0.2, 0.25) is 5.95 Å². The number of fused-ring (bicyclic) bond motifs is 1. The van der Waals surface area contributed by atoms with Crippen LogP contribution in [-0.4, -0.2) is 50.8 Å². The first-order chi connectivity index (χ1) is 15.7. The molecule has 0 unspecified atom stereocenters. The van der Waals surface area contributed by atoms with Gasteiger partial charge in [-0.25, -0.2) is 23.5 Å². The molecule has 0 aliphatic rings. The molecule has 0 spiro atoms. The van der Waals surface area contributed by atoms with E-state index in [1.165, 1.54) is 28.1 Å². The SMILES string of the molecule is C#CCn1c(=O)c2cnc(Nc3cnn(C(C)C)c3)nc2n1-c1cccc(N=S(C)(C)=O)n1. The maximum atomic E-state index is 13.0. The summed E-state index contributed by atoms with van der Waals surface area (Å²) in [5.74, 6) is 3.40. The summed E-state index contributed by atoms with van der Waals surface area (Å²) in [6.45, 7) is 4.05. The third kappa shape index (κ3) is 4.63. The van der Waals surface area contributed by atoms with Gasteiger partial charge in [-0.2, -0.15) is 14.4 Å². The number of aromatic nitrogens is 7. The highest BCUT2D eigenvalue weighted by atomic mass is 32.2. The number of anilines is 2. The Morgan fingerprint density at radius 2 is 2.03 bits per heavy atom. The van der Waals surface area contributed by atoms with Crippen LogP contribution in [0.3, 0.4) is 0 Å². The minimum atomic E-state index is -2.42. The molecule has 0 bridgehead atoms. The van der Waals surface area contributed by atoms with Gasteiger partial charge in [-0.05, 0) is 26.0 Å². The Morgan fingerprint density at radius 1 is 1.24 bits per heavy atom. The topological polar surface area (TPSA) is 125 Å². The molecule has 0 atom stereocenters. The van der Waals surface area contributed by atoms with Crippen LogP contribution in [0.25, 0.3) is 16.9 Å². The third-order valence-electron chi connectivity index (χ3n) is 4.55. The van der Waals surface area contributed by atoms with Crippen LogP contribution in [0.1, 0.15) is 19.9 Å². The molecule has 0 saturated heterocycles. The Hall–Kier alpha value is -3.98. The number of rotatable bonds is 6. The van der Waals surface area contributed by atoms with Crippen LogP contribution >= 0.6 is 0 Å². The second-order valence-corrected chi connectivity index (χ2v) is 10.4. The summed E-state index contributed by atoms with van der Waals surface area (Å²) in [6.07, 6.45) is 13.5. The van der Waals surface area contributed by atoms with E-state index in [-0.39, 0.29) is 35.3 Å². The van der Waals surface area contributed by atoms with Crippen molar-refractivity contribution in [3.63, 3.8) is 0 Å². The molecular weight excluding hydrogens is 442 g/mol. The molecule has 0 fully saturated rings. The van der Waals surface area contributed by atoms with Crippen LogP contribution in [0.2, 0.25) is 0 Å². The molecule has 0 aliphatic carbocycles. The van der Waals surface area contributed by atoms with Crippen molar-refractivity contribution in [2.24, 2.45) is 4.36 Å². The zero-order valence-corrected chi connectivity index (χ0v) is 19.4. The van der Waals surface area contributed by atoms with Crippen molar-refractivity contribution in [2.45, 2.75) is 26.4 Å². The van der Waals surface area contributed by atoms with E-state index in [9.17, 15) is 9.00 Å². The molecule has 1 N–H and O–H groups in total. The van der Waals surface area contributed by atoms with Gasteiger partial charge >= 0.3 is 0 Å². The molecule has 0 amide bonds. The van der Waals surface area contributed by atoms with Gasteiger partial charge in [0.05, 0.1) is 11.9 Å². The monoisotopic (exact) mass is 465 g/mol. The maximum Gasteiger partial charge on any atom is 0.279 e. The van der Waals surface area contributed by atoms with Gasteiger partial charge in [-0.3, -0.25) is 9.48 Å². The summed E-state index contributed by atoms with van der Waals surface area (Å²) in [5.41, 5.74) is 0.683. The fourth-order valence-electron chi connectivity index (χ4n) is 3.17. The van der Waals surface area contributed by atoms with Crippen molar-refractivity contribution in [3.8, 4) is 18.2 Å². The standard InChI is InChI=1S/C21H23N9O2S/c1-6-10-29-20(31)16-12-22-21(24-15-11-23-28(13-15)14(2)3)26-19(16)30(29)18-9-7-8-17(25-18)27-33(4,5)32/h1,7-9,11-14H,10H2,2-5H3,(H,22,24,26). The second-order valence-electron chi connectivity index (χ2n) is 7.86. The Kier molecular flexibility index (Phi) is 5.73. The number of pyridine rings is 1. The summed E-state index contributed by atoms with van der Waals surface area (Å²) < 4.78 is 20.9. The molecule has 4 heterocycles. The minimum Gasteiger partial charge on any atom is -0.321 e. The van der Waals surface area contributed by atoms with Crippen molar-refractivity contribution >= 4 is 38.2 Å². The molecule has 4 aromatic heterocycles. The highest BCUT2D eigenvalue weighted by Gasteiger charge is 2.18. The summed E-state index contributed by atoms with van der Waals surface area (Å²) in [4.78, 5) is 26.3. The van der Waals surface area contributed by atoms with Crippen LogP contribution in [-0.2, 0) is 16.3 Å². The predicted molar refractivity (Wildman–Crippen MR) is 128 cm³/mol. The fraction of sp³-hybridized carbons (Fsp3) is 0.286. The van der Waals surface area contributed by atoms with E-state index in [2.05, 4.69) is 35.7 Å². The van der Waals surface area contributed by atoms with Crippen molar-refractivity contribution in [1.82, 2.24) is 34.1 Å². The average molecular weight is 466 g/mol. The minimum absolute atomic E-state index is 0.000460. The van der Waals surface area contributed by atoms with E-state index < -0.39 is 9.73 Å². The number of nitrogens with zero attached hydrogens (tertiary/aromatic N) is 8. The van der Waals surface area contributed by atoms with Crippen molar-refractivity contribution in [1.29, 1.82) is 0 Å². The molecule has 0 aliphatic heterocycles. The Balaban J connectivity index is 1.87. The third-order valence-corrected chi connectivity index (χ3v) is 5.18. The zero-order chi connectivity index (χ0) is 23.8. The van der Waals surface area contributed by atoms with Gasteiger partial charge in [0.1, 0.15) is 11.9 Å². The lowest BCUT2D eigenvalue weighted by atomic mass is 10.4. The first kappa shape index (κ1) is 22.2. The van der Waals surface area contributed by atoms with Crippen LogP contribution in [0, 0.1) is 12.3 Å². The molecule has 4 rings (SSSR count). The van der Waals surface area contributed by atoms with Gasteiger partial charge in [0.25, 0.3) is 5.56 Å². The smallest absolute Gasteiger partial charge is 0.279 e. The number of nitrogens with one attached hydrogen (secondary N) is 1. The molecule has 11 nitrogen and oxygen atoms in total. The lowest BCUT2D eigenvalue weighted by Gasteiger charge is -2.10. The van der Waals surface area contributed by atoms with E-state index >= 15 is 0 Å². The van der Waals surface area contributed by atoms with Crippen molar-refractivity contribution < 1.29 is 4.21 Å². The zero-order valence-electron chi connectivity index (χ0n) is 18.6. The lowest BCUT2D eigenvalue weighted by Crippen LogP contribution is -2.22. The van der Waals surface area contributed by atoms with E-state index in [4.69, 9.17) is 6.42 Å². The second kappa shape index (κ2) is 8.51. The quantitative estimate of drug-likeness (QED) is 0.434. The molecule has 0 aromatic carbocycles. The maximum absolute atomic E-state index is 13.0. The van der Waals surface area contributed by atoms with Crippen LogP contribution in [0.4, 0.5) is 17.5 Å². The van der Waals surface area contributed by atoms with E-state index in [0.717, 1.165) is 0 Å². The van der Waals surface area contributed by atoms with E-state index in [0.29, 0.717) is 17.2 Å². The molecule has 0 radical (unpaired) electrons. The van der Waals surface area contributed by atoms with E-state index in [1.54, 1.807) is 29.1 Å². The average Bonchev–Trinajstić information content (AvgIpc) is 3.31. The van der Waals surface area contributed by atoms with Crippen LogP contribution in [0.15, 0.2) is 45.9 Å². The summed E-state index contributed by atoms with van der Waals surface area (Å²) in [7, 11) is -2.42. The summed E-state index contributed by atoms with van der Waals surface area (Å²) in [5, 5.41) is 7.68. The Labute approximate surface area is 190 Å². The summed E-state index contributed by atoms with van der Waals surface area (Å²) >= 11 is 0.